The predicted molar refractivity (Wildman–Crippen MR) is 251 cm³/mol. The Labute approximate surface area is 342 Å². The van der Waals surface area contributed by atoms with E-state index in [1.165, 1.54) is 86.2 Å². The smallest absolute Gasteiger partial charge is 0.0540 e. The maximum Gasteiger partial charge on any atom is 0.0540 e. The monoisotopic (exact) mass is 755 g/mol. The largest absolute Gasteiger partial charge is 0.310 e. The van der Waals surface area contributed by atoms with Crippen LogP contribution in [0.25, 0.3) is 86.2 Å². The van der Waals surface area contributed by atoms with Gasteiger partial charge < -0.3 is 4.90 Å². The number of nitrogens with zero attached hydrogens (tertiary/aromatic N) is 1. The topological polar surface area (TPSA) is 3.24 Å². The Morgan fingerprint density at radius 3 is 1.60 bits per heavy atom. The van der Waals surface area contributed by atoms with Crippen molar-refractivity contribution in [1.82, 2.24) is 0 Å². The van der Waals surface area contributed by atoms with E-state index in [9.17, 15) is 0 Å². The Bertz CT molecular complexity index is 3260. The molecule has 11 aromatic rings. The molecule has 1 heterocycles. The summed E-state index contributed by atoms with van der Waals surface area (Å²) in [6.07, 6.45) is 0. The zero-order valence-corrected chi connectivity index (χ0v) is 32.5. The summed E-state index contributed by atoms with van der Waals surface area (Å²) in [4.78, 5) is 2.39. The van der Waals surface area contributed by atoms with Crippen molar-refractivity contribution in [3.8, 4) is 44.5 Å². The van der Waals surface area contributed by atoms with Crippen LogP contribution in [0.2, 0.25) is 0 Å². The summed E-state index contributed by atoms with van der Waals surface area (Å²) in [5, 5.41) is 7.57. The summed E-state index contributed by atoms with van der Waals surface area (Å²) >= 11 is 1.86. The summed E-state index contributed by atoms with van der Waals surface area (Å²) in [5.41, 5.74) is 13.1. The maximum atomic E-state index is 2.39. The molecule has 0 aliphatic heterocycles. The molecule has 0 N–H and O–H groups in total. The van der Waals surface area contributed by atoms with E-state index in [1.54, 1.807) is 0 Å². The minimum atomic E-state index is 1.11. The molecule has 10 aromatic carbocycles. The van der Waals surface area contributed by atoms with Crippen molar-refractivity contribution in [3.63, 3.8) is 0 Å². The van der Waals surface area contributed by atoms with E-state index in [1.807, 2.05) is 11.3 Å². The van der Waals surface area contributed by atoms with Gasteiger partial charge in [-0.05, 0) is 115 Å². The summed E-state index contributed by atoms with van der Waals surface area (Å²) in [7, 11) is 0. The Hall–Kier alpha value is -7.26. The van der Waals surface area contributed by atoms with Gasteiger partial charge >= 0.3 is 0 Å². The Morgan fingerprint density at radius 2 is 0.828 bits per heavy atom. The predicted octanol–water partition coefficient (Wildman–Crippen LogP) is 16.5. The third-order valence-corrected chi connectivity index (χ3v) is 12.6. The average Bonchev–Trinajstić information content (AvgIpc) is 3.68. The van der Waals surface area contributed by atoms with Crippen molar-refractivity contribution >= 4 is 70.1 Å². The van der Waals surface area contributed by atoms with Crippen molar-refractivity contribution in [2.24, 2.45) is 0 Å². The van der Waals surface area contributed by atoms with Crippen LogP contribution in [0.1, 0.15) is 0 Å². The Balaban J connectivity index is 1.01. The Morgan fingerprint density at radius 1 is 0.276 bits per heavy atom. The lowest BCUT2D eigenvalue weighted by atomic mass is 9.90. The van der Waals surface area contributed by atoms with Gasteiger partial charge in [-0.15, -0.1) is 11.3 Å². The average molecular weight is 756 g/mol. The van der Waals surface area contributed by atoms with Crippen molar-refractivity contribution in [2.45, 2.75) is 0 Å². The van der Waals surface area contributed by atoms with Crippen LogP contribution in [0.4, 0.5) is 17.1 Å². The van der Waals surface area contributed by atoms with Gasteiger partial charge in [-0.3, -0.25) is 0 Å². The summed E-state index contributed by atoms with van der Waals surface area (Å²) in [6.45, 7) is 0. The van der Waals surface area contributed by atoms with E-state index in [2.05, 4.69) is 229 Å². The quantitative estimate of drug-likeness (QED) is 0.157. The molecule has 0 saturated heterocycles. The van der Waals surface area contributed by atoms with E-state index in [4.69, 9.17) is 0 Å². The van der Waals surface area contributed by atoms with E-state index < -0.39 is 0 Å². The van der Waals surface area contributed by atoms with Gasteiger partial charge in [0.05, 0.1) is 5.69 Å². The van der Waals surface area contributed by atoms with Gasteiger partial charge in [0, 0.05) is 36.9 Å². The zero-order valence-electron chi connectivity index (χ0n) is 31.7. The van der Waals surface area contributed by atoms with Crippen LogP contribution in [-0.2, 0) is 0 Å². The summed E-state index contributed by atoms with van der Waals surface area (Å²) < 4.78 is 2.64. The van der Waals surface area contributed by atoms with Gasteiger partial charge in [0.15, 0.2) is 0 Å². The normalized spacial score (nSPS) is 11.4. The van der Waals surface area contributed by atoms with Crippen molar-refractivity contribution in [2.75, 3.05) is 4.90 Å². The molecule has 0 spiro atoms. The number of hydrogen-bond donors (Lipinski definition) is 0. The number of hydrogen-bond acceptors (Lipinski definition) is 2. The van der Waals surface area contributed by atoms with Gasteiger partial charge in [-0.25, -0.2) is 0 Å². The maximum absolute atomic E-state index is 2.39. The van der Waals surface area contributed by atoms with Gasteiger partial charge in [-0.2, -0.15) is 0 Å². The van der Waals surface area contributed by atoms with Gasteiger partial charge in [0.1, 0.15) is 0 Å². The second-order valence-electron chi connectivity index (χ2n) is 14.9. The van der Waals surface area contributed by atoms with Gasteiger partial charge in [0.25, 0.3) is 0 Å². The van der Waals surface area contributed by atoms with Crippen molar-refractivity contribution in [3.05, 3.63) is 224 Å². The van der Waals surface area contributed by atoms with E-state index in [0.29, 0.717) is 0 Å². The number of thiophene rings is 1. The molecule has 0 saturated carbocycles. The van der Waals surface area contributed by atoms with Crippen LogP contribution in [0, 0.1) is 0 Å². The van der Waals surface area contributed by atoms with Crippen LogP contribution in [-0.4, -0.2) is 0 Å². The van der Waals surface area contributed by atoms with Crippen LogP contribution in [0.15, 0.2) is 224 Å². The van der Waals surface area contributed by atoms with Crippen LogP contribution >= 0.6 is 11.3 Å². The molecule has 0 aliphatic carbocycles. The summed E-state index contributed by atoms with van der Waals surface area (Å²) in [5.74, 6) is 0. The van der Waals surface area contributed by atoms with Gasteiger partial charge in [-0.1, -0.05) is 170 Å². The van der Waals surface area contributed by atoms with Crippen molar-refractivity contribution < 1.29 is 0 Å². The minimum Gasteiger partial charge on any atom is -0.310 e. The molecule has 0 fully saturated rings. The number of benzene rings is 10. The molecule has 0 bridgehead atoms. The molecule has 1 nitrogen and oxygen atoms in total. The molecule has 0 unspecified atom stereocenters. The number of fused-ring (bicyclic) bond motifs is 5. The lowest BCUT2D eigenvalue weighted by Gasteiger charge is -2.27. The first-order valence-corrected chi connectivity index (χ1v) is 20.6. The van der Waals surface area contributed by atoms with Crippen LogP contribution < -0.4 is 4.90 Å². The van der Waals surface area contributed by atoms with Crippen LogP contribution in [0.5, 0.6) is 0 Å². The zero-order chi connectivity index (χ0) is 38.4. The summed E-state index contributed by atoms with van der Waals surface area (Å²) in [6, 6.07) is 82.0. The molecule has 0 radical (unpaired) electrons. The first-order valence-electron chi connectivity index (χ1n) is 19.8. The minimum absolute atomic E-state index is 1.11. The highest BCUT2D eigenvalue weighted by molar-refractivity contribution is 7.25. The lowest BCUT2D eigenvalue weighted by Crippen LogP contribution is -2.10. The Kier molecular flexibility index (Phi) is 8.42. The number of anilines is 3. The molecule has 0 atom stereocenters. The van der Waals surface area contributed by atoms with Crippen LogP contribution in [0.3, 0.4) is 0 Å². The standard InChI is InChI=1S/C56H37NS/c1-2-12-39(13-3-1)49-34-28-43(36-52(49)44-29-35-56-53(37-44)51-20-8-9-23-55(51)58-56)38-24-30-45(31-25-38)57(54-22-11-17-41-15-5-7-19-50(41)54)46-32-26-42(27-33-46)48-21-10-16-40-14-4-6-18-47(40)48/h1-37H. The third kappa shape index (κ3) is 6.03. The molecule has 0 amide bonds. The van der Waals surface area contributed by atoms with E-state index >= 15 is 0 Å². The second kappa shape index (κ2) is 14.4. The first-order chi connectivity index (χ1) is 28.7. The molecule has 272 valence electrons. The SMILES string of the molecule is c1ccc(-c2ccc(-c3ccc(N(c4ccc(-c5cccc6ccccc56)cc4)c4cccc5ccccc45)cc3)cc2-c2ccc3sc4ccccc4c3c2)cc1. The molecule has 2 heteroatoms. The second-order valence-corrected chi connectivity index (χ2v) is 16.0. The highest BCUT2D eigenvalue weighted by Crippen LogP contribution is 2.43. The molecular weight excluding hydrogens is 719 g/mol. The van der Waals surface area contributed by atoms with Crippen molar-refractivity contribution in [1.29, 1.82) is 0 Å². The fourth-order valence-corrected chi connectivity index (χ4v) is 9.71. The molecule has 1 aromatic heterocycles. The van der Waals surface area contributed by atoms with E-state index in [0.717, 1.165) is 17.1 Å². The number of rotatable bonds is 7. The van der Waals surface area contributed by atoms with E-state index in [-0.39, 0.29) is 0 Å². The molecule has 58 heavy (non-hydrogen) atoms. The molecule has 0 aliphatic rings. The third-order valence-electron chi connectivity index (χ3n) is 11.5. The fraction of sp³-hybridized carbons (Fsp3) is 0. The lowest BCUT2D eigenvalue weighted by molar-refractivity contribution is 1.30. The van der Waals surface area contributed by atoms with Gasteiger partial charge in [0.2, 0.25) is 0 Å². The first kappa shape index (κ1) is 34.0. The molecule has 11 rings (SSSR count). The highest BCUT2D eigenvalue weighted by atomic mass is 32.1. The molecular formula is C56H37NS. The fourth-order valence-electron chi connectivity index (χ4n) is 8.63. The highest BCUT2D eigenvalue weighted by Gasteiger charge is 2.17.